The van der Waals surface area contributed by atoms with E-state index in [1.54, 1.807) is 18.8 Å². The van der Waals surface area contributed by atoms with Gasteiger partial charge in [0.15, 0.2) is 5.82 Å². The topological polar surface area (TPSA) is 60.2 Å². The molecule has 1 unspecified atom stereocenters. The Morgan fingerprint density at radius 3 is 2.88 bits per heavy atom. The van der Waals surface area contributed by atoms with E-state index >= 15 is 0 Å². The SMILES string of the molecule is COCc1nc(C(=O)N2CCC(c3ccc(C)cc3C)C2)n(C)n1. The quantitative estimate of drug-likeness (QED) is 0.863. The molecule has 1 atom stereocenters. The minimum Gasteiger partial charge on any atom is -0.377 e. The number of carbonyl (C=O) groups excluding carboxylic acids is 1. The van der Waals surface area contributed by atoms with Gasteiger partial charge in [-0.2, -0.15) is 5.10 Å². The van der Waals surface area contributed by atoms with E-state index in [2.05, 4.69) is 42.1 Å². The third-order valence-electron chi connectivity index (χ3n) is 4.61. The number of rotatable bonds is 4. The number of benzene rings is 1. The maximum atomic E-state index is 12.8. The van der Waals surface area contributed by atoms with Gasteiger partial charge >= 0.3 is 0 Å². The Morgan fingerprint density at radius 1 is 1.38 bits per heavy atom. The van der Waals surface area contributed by atoms with Gasteiger partial charge in [0.2, 0.25) is 5.82 Å². The standard InChI is InChI=1S/C18H24N4O2/c1-12-5-6-15(13(2)9-12)14-7-8-22(10-14)18(23)17-19-16(11-24-4)20-21(17)3/h5-6,9,14H,7-8,10-11H2,1-4H3. The van der Waals surface area contributed by atoms with Gasteiger partial charge < -0.3 is 9.64 Å². The van der Waals surface area contributed by atoms with Crippen molar-refractivity contribution < 1.29 is 9.53 Å². The molecule has 128 valence electrons. The van der Waals surface area contributed by atoms with Gasteiger partial charge in [-0.1, -0.05) is 23.8 Å². The van der Waals surface area contributed by atoms with Crippen LogP contribution in [-0.2, 0) is 18.4 Å². The first-order valence-corrected chi connectivity index (χ1v) is 8.25. The number of methoxy groups -OCH3 is 1. The molecule has 2 heterocycles. The molecule has 0 aliphatic carbocycles. The molecule has 1 saturated heterocycles. The highest BCUT2D eigenvalue weighted by Crippen LogP contribution is 2.30. The van der Waals surface area contributed by atoms with Gasteiger partial charge in [0.1, 0.15) is 6.61 Å². The first kappa shape index (κ1) is 16.6. The molecule has 6 nitrogen and oxygen atoms in total. The van der Waals surface area contributed by atoms with Crippen molar-refractivity contribution in [3.05, 3.63) is 46.5 Å². The van der Waals surface area contributed by atoms with Crippen LogP contribution in [0.4, 0.5) is 0 Å². The molecule has 3 rings (SSSR count). The van der Waals surface area contributed by atoms with Crippen molar-refractivity contribution >= 4 is 5.91 Å². The van der Waals surface area contributed by atoms with Gasteiger partial charge in [-0.05, 0) is 31.4 Å². The van der Waals surface area contributed by atoms with E-state index in [-0.39, 0.29) is 5.91 Å². The number of hydrogen-bond donors (Lipinski definition) is 0. The molecule has 1 aromatic heterocycles. The number of likely N-dealkylation sites (tertiary alicyclic amines) is 1. The van der Waals surface area contributed by atoms with E-state index in [1.807, 2.05) is 4.90 Å². The van der Waals surface area contributed by atoms with E-state index in [0.717, 1.165) is 19.5 Å². The van der Waals surface area contributed by atoms with Gasteiger partial charge in [-0.3, -0.25) is 4.79 Å². The minimum absolute atomic E-state index is 0.0559. The van der Waals surface area contributed by atoms with Gasteiger partial charge in [0.25, 0.3) is 5.91 Å². The number of nitrogens with zero attached hydrogens (tertiary/aromatic N) is 4. The number of hydrogen-bond acceptors (Lipinski definition) is 4. The summed E-state index contributed by atoms with van der Waals surface area (Å²) in [5.41, 5.74) is 3.91. The molecule has 0 radical (unpaired) electrons. The molecular weight excluding hydrogens is 304 g/mol. The highest BCUT2D eigenvalue weighted by molar-refractivity contribution is 5.91. The largest absolute Gasteiger partial charge is 0.377 e. The Labute approximate surface area is 142 Å². The lowest BCUT2D eigenvalue weighted by molar-refractivity contribution is 0.0773. The fourth-order valence-electron chi connectivity index (χ4n) is 3.44. The lowest BCUT2D eigenvalue weighted by atomic mass is 9.93. The zero-order valence-electron chi connectivity index (χ0n) is 14.7. The lowest BCUT2D eigenvalue weighted by Crippen LogP contribution is -2.30. The zero-order chi connectivity index (χ0) is 17.3. The number of aromatic nitrogens is 3. The summed E-state index contributed by atoms with van der Waals surface area (Å²) in [6, 6.07) is 6.55. The number of amides is 1. The van der Waals surface area contributed by atoms with Crippen molar-refractivity contribution in [1.29, 1.82) is 0 Å². The maximum Gasteiger partial charge on any atom is 0.291 e. The van der Waals surface area contributed by atoms with Crippen LogP contribution in [0.5, 0.6) is 0 Å². The summed E-state index contributed by atoms with van der Waals surface area (Å²) in [4.78, 5) is 18.9. The van der Waals surface area contributed by atoms with Crippen molar-refractivity contribution in [3.63, 3.8) is 0 Å². The van der Waals surface area contributed by atoms with E-state index < -0.39 is 0 Å². The minimum atomic E-state index is -0.0559. The summed E-state index contributed by atoms with van der Waals surface area (Å²) in [6.45, 7) is 6.05. The van der Waals surface area contributed by atoms with Crippen molar-refractivity contribution in [1.82, 2.24) is 19.7 Å². The van der Waals surface area contributed by atoms with Crippen LogP contribution in [0, 0.1) is 13.8 Å². The van der Waals surface area contributed by atoms with E-state index in [4.69, 9.17) is 4.74 Å². The first-order chi connectivity index (χ1) is 11.5. The van der Waals surface area contributed by atoms with Crippen molar-refractivity contribution in [2.75, 3.05) is 20.2 Å². The molecule has 1 aromatic carbocycles. The van der Waals surface area contributed by atoms with E-state index in [1.165, 1.54) is 16.7 Å². The third-order valence-corrected chi connectivity index (χ3v) is 4.61. The molecule has 0 saturated carbocycles. The third kappa shape index (κ3) is 3.19. The normalized spacial score (nSPS) is 17.5. The smallest absolute Gasteiger partial charge is 0.291 e. The zero-order valence-corrected chi connectivity index (χ0v) is 14.7. The van der Waals surface area contributed by atoms with Crippen LogP contribution in [0.3, 0.4) is 0 Å². The molecule has 0 spiro atoms. The van der Waals surface area contributed by atoms with Gasteiger partial charge in [0.05, 0.1) is 0 Å². The fourth-order valence-corrected chi connectivity index (χ4v) is 3.44. The van der Waals surface area contributed by atoms with Gasteiger partial charge in [-0.15, -0.1) is 0 Å². The van der Waals surface area contributed by atoms with E-state index in [9.17, 15) is 4.79 Å². The van der Waals surface area contributed by atoms with Crippen molar-refractivity contribution in [2.24, 2.45) is 7.05 Å². The predicted octanol–water partition coefficient (Wildman–Crippen LogP) is 2.21. The Morgan fingerprint density at radius 2 is 2.17 bits per heavy atom. The Balaban J connectivity index is 1.74. The molecule has 0 bridgehead atoms. The Kier molecular flexibility index (Phi) is 4.66. The molecule has 1 fully saturated rings. The van der Waals surface area contributed by atoms with Crippen molar-refractivity contribution in [3.8, 4) is 0 Å². The summed E-state index contributed by atoms with van der Waals surface area (Å²) in [5.74, 6) is 1.25. The van der Waals surface area contributed by atoms with Gasteiger partial charge in [-0.25, -0.2) is 9.67 Å². The summed E-state index contributed by atoms with van der Waals surface area (Å²) >= 11 is 0. The molecular formula is C18H24N4O2. The number of aryl methyl sites for hydroxylation is 3. The monoisotopic (exact) mass is 328 g/mol. The number of carbonyl (C=O) groups is 1. The highest BCUT2D eigenvalue weighted by Gasteiger charge is 2.31. The second-order valence-electron chi connectivity index (χ2n) is 6.51. The molecule has 24 heavy (non-hydrogen) atoms. The first-order valence-electron chi connectivity index (χ1n) is 8.25. The van der Waals surface area contributed by atoms with Crippen LogP contribution in [0.25, 0.3) is 0 Å². The molecule has 6 heteroatoms. The van der Waals surface area contributed by atoms with Crippen LogP contribution < -0.4 is 0 Å². The average Bonchev–Trinajstić information content (AvgIpc) is 3.14. The highest BCUT2D eigenvalue weighted by atomic mass is 16.5. The van der Waals surface area contributed by atoms with Crippen LogP contribution in [0.1, 0.15) is 45.5 Å². The van der Waals surface area contributed by atoms with Crippen LogP contribution in [0.2, 0.25) is 0 Å². The molecule has 2 aromatic rings. The molecule has 0 N–H and O–H groups in total. The maximum absolute atomic E-state index is 12.8. The van der Waals surface area contributed by atoms with Crippen molar-refractivity contribution in [2.45, 2.75) is 32.8 Å². The van der Waals surface area contributed by atoms with Crippen LogP contribution in [0.15, 0.2) is 18.2 Å². The summed E-state index contributed by atoms with van der Waals surface area (Å²) in [6.07, 6.45) is 0.985. The summed E-state index contributed by atoms with van der Waals surface area (Å²) in [7, 11) is 3.34. The fraction of sp³-hybridized carbons (Fsp3) is 0.500. The Hall–Kier alpha value is -2.21. The predicted molar refractivity (Wildman–Crippen MR) is 90.9 cm³/mol. The van der Waals surface area contributed by atoms with E-state index in [0.29, 0.717) is 24.2 Å². The molecule has 1 amide bonds. The molecule has 1 aliphatic heterocycles. The molecule has 1 aliphatic rings. The lowest BCUT2D eigenvalue weighted by Gasteiger charge is -2.17. The van der Waals surface area contributed by atoms with Gasteiger partial charge in [0, 0.05) is 33.2 Å². The summed E-state index contributed by atoms with van der Waals surface area (Å²) in [5, 5.41) is 4.23. The van der Waals surface area contributed by atoms with Crippen LogP contribution >= 0.6 is 0 Å². The second-order valence-corrected chi connectivity index (χ2v) is 6.51. The van der Waals surface area contributed by atoms with Crippen LogP contribution in [-0.4, -0.2) is 45.8 Å². The summed E-state index contributed by atoms with van der Waals surface area (Å²) < 4.78 is 6.58. The second kappa shape index (κ2) is 6.73. The Bertz CT molecular complexity index is 753. The number of ether oxygens (including phenoxy) is 1. The average molecular weight is 328 g/mol.